The summed E-state index contributed by atoms with van der Waals surface area (Å²) in [5.74, 6) is 0.921. The maximum Gasteiger partial charge on any atom is 0.224 e. The van der Waals surface area contributed by atoms with Gasteiger partial charge in [0.1, 0.15) is 16.7 Å². The maximum atomic E-state index is 12.0. The van der Waals surface area contributed by atoms with Crippen molar-refractivity contribution >= 4 is 15.9 Å². The van der Waals surface area contributed by atoms with Crippen LogP contribution in [0.3, 0.4) is 0 Å². The third-order valence-electron chi connectivity index (χ3n) is 3.52. The lowest BCUT2D eigenvalue weighted by Crippen LogP contribution is -2.32. The molecule has 0 spiro atoms. The second-order valence-electron chi connectivity index (χ2n) is 4.83. The first-order chi connectivity index (χ1) is 9.86. The van der Waals surface area contributed by atoms with Crippen molar-refractivity contribution in [1.29, 1.82) is 0 Å². The lowest BCUT2D eigenvalue weighted by Gasteiger charge is -2.20. The number of nitrogens with zero attached hydrogens (tertiary/aromatic N) is 1. The van der Waals surface area contributed by atoms with Crippen LogP contribution in [0.5, 0.6) is 11.5 Å². The number of ether oxygens (including phenoxy) is 2. The largest absolute Gasteiger partial charge is 0.496 e. The fraction of sp³-hybridized carbons (Fsp3) is 0.462. The minimum absolute atomic E-state index is 0.0822. The molecule has 1 aromatic carbocycles. The summed E-state index contributed by atoms with van der Waals surface area (Å²) in [5, 5.41) is 4.26. The highest BCUT2D eigenvalue weighted by Crippen LogP contribution is 2.31. The number of sulfonamides is 1. The van der Waals surface area contributed by atoms with Crippen LogP contribution < -0.4 is 14.6 Å². The Morgan fingerprint density at radius 3 is 2.29 bits per heavy atom. The number of amides is 1. The molecule has 1 saturated heterocycles. The number of hydrogen-bond donors (Lipinski definition) is 1. The molecular formula is C13H18N2O5S. The highest BCUT2D eigenvalue weighted by atomic mass is 32.2. The Morgan fingerprint density at radius 1 is 1.29 bits per heavy atom. The Morgan fingerprint density at radius 2 is 1.86 bits per heavy atom. The van der Waals surface area contributed by atoms with E-state index in [1.165, 1.54) is 19.1 Å². The highest BCUT2D eigenvalue weighted by molar-refractivity contribution is 7.89. The van der Waals surface area contributed by atoms with Crippen molar-refractivity contribution in [3.05, 3.63) is 23.8 Å². The smallest absolute Gasteiger partial charge is 0.224 e. The Labute approximate surface area is 123 Å². The van der Waals surface area contributed by atoms with Gasteiger partial charge in [0.2, 0.25) is 15.9 Å². The molecule has 1 fully saturated rings. The van der Waals surface area contributed by atoms with E-state index in [0.717, 1.165) is 0 Å². The summed E-state index contributed by atoms with van der Waals surface area (Å²) in [6.45, 7) is 0.302. The third kappa shape index (κ3) is 3.27. The van der Waals surface area contributed by atoms with Gasteiger partial charge in [-0.25, -0.2) is 13.6 Å². The molecule has 1 aliphatic heterocycles. The minimum atomic E-state index is -3.72. The van der Waals surface area contributed by atoms with E-state index < -0.39 is 15.3 Å². The van der Waals surface area contributed by atoms with E-state index in [2.05, 4.69) is 0 Å². The normalized spacial score (nSPS) is 18.9. The maximum absolute atomic E-state index is 12.0. The molecule has 21 heavy (non-hydrogen) atoms. The van der Waals surface area contributed by atoms with Crippen molar-refractivity contribution < 1.29 is 22.7 Å². The summed E-state index contributed by atoms with van der Waals surface area (Å²) in [6, 6.07) is 5.30. The molecule has 0 aromatic heterocycles. The lowest BCUT2D eigenvalue weighted by atomic mass is 10.1. The second kappa shape index (κ2) is 5.90. The first kappa shape index (κ1) is 15.6. The van der Waals surface area contributed by atoms with Crippen LogP contribution in [0.4, 0.5) is 0 Å². The van der Waals surface area contributed by atoms with Crippen LogP contribution in [0.2, 0.25) is 0 Å². The zero-order chi connectivity index (χ0) is 15.6. The predicted octanol–water partition coefficient (Wildman–Crippen LogP) is 0.0932. The Balaban J connectivity index is 2.25. The first-order valence-corrected chi connectivity index (χ1v) is 7.97. The molecule has 1 atom stereocenters. The molecule has 1 amide bonds. The van der Waals surface area contributed by atoms with E-state index in [1.54, 1.807) is 18.2 Å². The zero-order valence-corrected chi connectivity index (χ0v) is 12.7. The van der Waals surface area contributed by atoms with Gasteiger partial charge >= 0.3 is 0 Å². The molecular weight excluding hydrogens is 296 g/mol. The number of likely N-dealkylation sites (tertiary alicyclic amines) is 1. The van der Waals surface area contributed by atoms with Gasteiger partial charge in [0, 0.05) is 13.0 Å². The zero-order valence-electron chi connectivity index (χ0n) is 11.9. The summed E-state index contributed by atoms with van der Waals surface area (Å²) >= 11 is 0. The molecule has 2 rings (SSSR count). The topological polar surface area (TPSA) is 98.9 Å². The lowest BCUT2D eigenvalue weighted by molar-refractivity contribution is -0.128. The number of carbonyl (C=O) groups is 1. The van der Waals surface area contributed by atoms with Crippen LogP contribution >= 0.6 is 0 Å². The van der Waals surface area contributed by atoms with E-state index >= 15 is 0 Å². The number of primary sulfonamides is 1. The molecule has 116 valence electrons. The van der Waals surface area contributed by atoms with Crippen LogP contribution in [-0.2, 0) is 21.4 Å². The van der Waals surface area contributed by atoms with Gasteiger partial charge in [-0.1, -0.05) is 6.07 Å². The Hall–Kier alpha value is -1.80. The van der Waals surface area contributed by atoms with Crippen LogP contribution in [0.1, 0.15) is 12.0 Å². The van der Waals surface area contributed by atoms with Gasteiger partial charge in [-0.15, -0.1) is 0 Å². The summed E-state index contributed by atoms with van der Waals surface area (Å²) in [5.41, 5.74) is 0.700. The SMILES string of the molecule is COc1cccc(OC)c1CN1CC(S(N)(=O)=O)CC1=O. The number of hydrogen-bond acceptors (Lipinski definition) is 5. The second-order valence-corrected chi connectivity index (χ2v) is 6.68. The summed E-state index contributed by atoms with van der Waals surface area (Å²) in [4.78, 5) is 13.4. The molecule has 1 aliphatic rings. The number of rotatable bonds is 5. The van der Waals surface area contributed by atoms with Crippen LogP contribution in [0, 0.1) is 0 Å². The quantitative estimate of drug-likeness (QED) is 0.830. The minimum Gasteiger partial charge on any atom is -0.496 e. The predicted molar refractivity (Wildman–Crippen MR) is 76.5 cm³/mol. The van der Waals surface area contributed by atoms with Crippen LogP contribution in [0.15, 0.2) is 18.2 Å². The van der Waals surface area contributed by atoms with Crippen LogP contribution in [0.25, 0.3) is 0 Å². The molecule has 0 saturated carbocycles. The molecule has 1 unspecified atom stereocenters. The monoisotopic (exact) mass is 314 g/mol. The van der Waals surface area contributed by atoms with Crippen molar-refractivity contribution in [3.8, 4) is 11.5 Å². The van der Waals surface area contributed by atoms with E-state index in [-0.39, 0.29) is 25.4 Å². The van der Waals surface area contributed by atoms with Gasteiger partial charge in [-0.05, 0) is 12.1 Å². The number of benzene rings is 1. The molecule has 1 aromatic rings. The van der Waals surface area contributed by atoms with Crippen molar-refractivity contribution in [1.82, 2.24) is 4.90 Å². The van der Waals surface area contributed by atoms with Gasteiger partial charge in [0.15, 0.2) is 0 Å². The van der Waals surface area contributed by atoms with Crippen molar-refractivity contribution in [2.24, 2.45) is 5.14 Å². The van der Waals surface area contributed by atoms with Crippen molar-refractivity contribution in [3.63, 3.8) is 0 Å². The van der Waals surface area contributed by atoms with E-state index in [9.17, 15) is 13.2 Å². The Kier molecular flexibility index (Phi) is 4.38. The molecule has 2 N–H and O–H groups in total. The first-order valence-electron chi connectivity index (χ1n) is 6.36. The Bertz CT molecular complexity index is 622. The van der Waals surface area contributed by atoms with Crippen molar-refractivity contribution in [2.75, 3.05) is 20.8 Å². The van der Waals surface area contributed by atoms with E-state index in [0.29, 0.717) is 17.1 Å². The average molecular weight is 314 g/mol. The summed E-state index contributed by atoms with van der Waals surface area (Å²) in [7, 11) is -0.667. The fourth-order valence-corrected chi connectivity index (χ4v) is 3.15. The van der Waals surface area contributed by atoms with Crippen molar-refractivity contribution in [2.45, 2.75) is 18.2 Å². The van der Waals surface area contributed by atoms with E-state index in [4.69, 9.17) is 14.6 Å². The van der Waals surface area contributed by atoms with Gasteiger partial charge in [-0.3, -0.25) is 4.79 Å². The molecule has 1 heterocycles. The van der Waals surface area contributed by atoms with Gasteiger partial charge in [-0.2, -0.15) is 0 Å². The third-order valence-corrected chi connectivity index (χ3v) is 4.77. The number of nitrogens with two attached hydrogens (primary N) is 1. The van der Waals surface area contributed by atoms with Gasteiger partial charge in [0.05, 0.1) is 26.3 Å². The molecule has 7 nitrogen and oxygen atoms in total. The summed E-state index contributed by atoms with van der Waals surface area (Å²) in [6.07, 6.45) is -0.0870. The van der Waals surface area contributed by atoms with E-state index in [1.807, 2.05) is 0 Å². The molecule has 0 aliphatic carbocycles. The molecule has 0 radical (unpaired) electrons. The number of carbonyl (C=O) groups excluding carboxylic acids is 1. The summed E-state index contributed by atoms with van der Waals surface area (Å²) < 4.78 is 33.3. The molecule has 0 bridgehead atoms. The average Bonchev–Trinajstić information content (AvgIpc) is 2.80. The van der Waals surface area contributed by atoms with Crippen LogP contribution in [-0.4, -0.2) is 45.2 Å². The highest BCUT2D eigenvalue weighted by Gasteiger charge is 2.37. The standard InChI is InChI=1S/C13H18N2O5S/c1-19-11-4-3-5-12(20-2)10(11)8-15-7-9(6-13(15)16)21(14,17)18/h3-5,9H,6-8H2,1-2H3,(H2,14,17,18). The van der Waals surface area contributed by atoms with Gasteiger partial charge < -0.3 is 14.4 Å². The number of methoxy groups -OCH3 is 2. The fourth-order valence-electron chi connectivity index (χ4n) is 2.38. The molecule has 8 heteroatoms. The van der Waals surface area contributed by atoms with Gasteiger partial charge in [0.25, 0.3) is 0 Å².